The van der Waals surface area contributed by atoms with Crippen LogP contribution in [-0.2, 0) is 15.3 Å². The molecule has 35 heavy (non-hydrogen) atoms. The maximum atomic E-state index is 12.5. The van der Waals surface area contributed by atoms with Crippen LogP contribution in [0.3, 0.4) is 0 Å². The molecule has 5 nitrogen and oxygen atoms in total. The summed E-state index contributed by atoms with van der Waals surface area (Å²) in [6.07, 6.45) is -0.373. The van der Waals surface area contributed by atoms with Crippen LogP contribution in [0.1, 0.15) is 54.4 Å². The second-order valence-electron chi connectivity index (χ2n) is 9.10. The predicted octanol–water partition coefficient (Wildman–Crippen LogP) is 6.43. The van der Waals surface area contributed by atoms with Crippen molar-refractivity contribution in [2.24, 2.45) is 0 Å². The van der Waals surface area contributed by atoms with E-state index < -0.39 is 18.1 Å². The predicted molar refractivity (Wildman–Crippen MR) is 141 cm³/mol. The van der Waals surface area contributed by atoms with Crippen LogP contribution in [0.15, 0.2) is 72.8 Å². The summed E-state index contributed by atoms with van der Waals surface area (Å²) in [5.74, 6) is 0.800. The SMILES string of the molecule is CC(C)c1ccc(CSCCC(NC(=O)OCC2c3ccccc3-c3ccccc32)C(=O)O)cc1. The molecular weight excluding hydrogens is 458 g/mol. The summed E-state index contributed by atoms with van der Waals surface area (Å²) >= 11 is 1.66. The molecule has 4 rings (SSSR count). The van der Waals surface area contributed by atoms with Gasteiger partial charge in [-0.25, -0.2) is 9.59 Å². The number of ether oxygens (including phenoxy) is 1. The smallest absolute Gasteiger partial charge is 0.407 e. The Morgan fingerprint density at radius 2 is 1.54 bits per heavy atom. The highest BCUT2D eigenvalue weighted by Gasteiger charge is 2.29. The third-order valence-corrected chi connectivity index (χ3v) is 7.46. The number of hydrogen-bond donors (Lipinski definition) is 2. The largest absolute Gasteiger partial charge is 0.480 e. The Hall–Kier alpha value is -3.25. The Morgan fingerprint density at radius 3 is 2.11 bits per heavy atom. The van der Waals surface area contributed by atoms with E-state index in [0.29, 0.717) is 18.1 Å². The van der Waals surface area contributed by atoms with Crippen molar-refractivity contribution >= 4 is 23.8 Å². The molecule has 3 aromatic carbocycles. The molecule has 3 aromatic rings. The van der Waals surface area contributed by atoms with Gasteiger partial charge in [-0.15, -0.1) is 0 Å². The molecule has 0 radical (unpaired) electrons. The zero-order valence-electron chi connectivity index (χ0n) is 20.1. The van der Waals surface area contributed by atoms with Crippen LogP contribution in [0.4, 0.5) is 4.79 Å². The number of rotatable bonds is 10. The van der Waals surface area contributed by atoms with Crippen molar-refractivity contribution in [2.75, 3.05) is 12.4 Å². The molecule has 6 heteroatoms. The first-order valence-corrected chi connectivity index (χ1v) is 13.1. The highest BCUT2D eigenvalue weighted by atomic mass is 32.2. The van der Waals surface area contributed by atoms with Crippen molar-refractivity contribution in [1.29, 1.82) is 0 Å². The van der Waals surface area contributed by atoms with E-state index in [0.717, 1.165) is 28.0 Å². The summed E-state index contributed by atoms with van der Waals surface area (Å²) < 4.78 is 5.51. The Bertz CT molecular complexity index is 1130. The Balaban J connectivity index is 1.27. The lowest BCUT2D eigenvalue weighted by molar-refractivity contribution is -0.139. The molecule has 0 heterocycles. The van der Waals surface area contributed by atoms with Gasteiger partial charge >= 0.3 is 12.1 Å². The van der Waals surface area contributed by atoms with E-state index in [4.69, 9.17) is 4.74 Å². The van der Waals surface area contributed by atoms with Gasteiger partial charge in [0.1, 0.15) is 12.6 Å². The molecule has 0 spiro atoms. The van der Waals surface area contributed by atoms with Crippen molar-refractivity contribution in [3.8, 4) is 11.1 Å². The van der Waals surface area contributed by atoms with Crippen LogP contribution in [0.2, 0.25) is 0 Å². The minimum Gasteiger partial charge on any atom is -0.480 e. The number of amides is 1. The fourth-order valence-electron chi connectivity index (χ4n) is 4.43. The average molecular weight is 490 g/mol. The summed E-state index contributed by atoms with van der Waals surface area (Å²) in [5.41, 5.74) is 7.05. The molecule has 0 bridgehead atoms. The fourth-order valence-corrected chi connectivity index (χ4v) is 5.40. The van der Waals surface area contributed by atoms with E-state index in [-0.39, 0.29) is 12.5 Å². The molecule has 0 saturated heterocycles. The van der Waals surface area contributed by atoms with Crippen molar-refractivity contribution in [3.05, 3.63) is 95.1 Å². The lowest BCUT2D eigenvalue weighted by atomic mass is 9.98. The van der Waals surface area contributed by atoms with Gasteiger partial charge in [0.25, 0.3) is 0 Å². The summed E-state index contributed by atoms with van der Waals surface area (Å²) in [6.45, 7) is 4.49. The summed E-state index contributed by atoms with van der Waals surface area (Å²) in [5, 5.41) is 12.1. The standard InChI is InChI=1S/C29H31NO4S/c1-19(2)21-13-11-20(12-14-21)18-35-16-15-27(28(31)32)30-29(33)34-17-26-24-9-5-3-7-22(24)23-8-4-6-10-25(23)26/h3-14,19,26-27H,15-18H2,1-2H3,(H,30,33)(H,31,32). The maximum absolute atomic E-state index is 12.5. The Morgan fingerprint density at radius 1 is 0.943 bits per heavy atom. The van der Waals surface area contributed by atoms with E-state index in [1.807, 2.05) is 24.3 Å². The highest BCUT2D eigenvalue weighted by Crippen LogP contribution is 2.44. The molecule has 1 unspecified atom stereocenters. The number of carboxylic acids is 1. The molecule has 2 N–H and O–H groups in total. The summed E-state index contributed by atoms with van der Waals surface area (Å²) in [7, 11) is 0. The van der Waals surface area contributed by atoms with E-state index in [1.54, 1.807) is 11.8 Å². The molecule has 0 fully saturated rings. The normalized spacial score (nSPS) is 13.2. The third-order valence-electron chi connectivity index (χ3n) is 6.40. The average Bonchev–Trinajstić information content (AvgIpc) is 3.18. The Kier molecular flexibility index (Phi) is 8.13. The van der Waals surface area contributed by atoms with Gasteiger partial charge in [0.15, 0.2) is 0 Å². The lowest BCUT2D eigenvalue weighted by Gasteiger charge is -2.17. The molecule has 1 amide bonds. The first kappa shape index (κ1) is 24.9. The topological polar surface area (TPSA) is 75.6 Å². The second-order valence-corrected chi connectivity index (χ2v) is 10.2. The monoisotopic (exact) mass is 489 g/mol. The molecule has 1 aliphatic rings. The first-order valence-electron chi connectivity index (χ1n) is 11.9. The molecule has 0 aliphatic heterocycles. The zero-order valence-corrected chi connectivity index (χ0v) is 20.9. The van der Waals surface area contributed by atoms with E-state index >= 15 is 0 Å². The van der Waals surface area contributed by atoms with Crippen LogP contribution in [0.5, 0.6) is 0 Å². The van der Waals surface area contributed by atoms with Crippen LogP contribution in [0.25, 0.3) is 11.1 Å². The van der Waals surface area contributed by atoms with E-state index in [9.17, 15) is 14.7 Å². The number of aliphatic carboxylic acids is 1. The van der Waals surface area contributed by atoms with Crippen molar-refractivity contribution in [1.82, 2.24) is 5.32 Å². The van der Waals surface area contributed by atoms with Crippen molar-refractivity contribution < 1.29 is 19.4 Å². The van der Waals surface area contributed by atoms with Crippen LogP contribution in [0, 0.1) is 0 Å². The van der Waals surface area contributed by atoms with Gasteiger partial charge in [0.2, 0.25) is 0 Å². The van der Waals surface area contributed by atoms with Gasteiger partial charge in [-0.05, 0) is 51.5 Å². The summed E-state index contributed by atoms with van der Waals surface area (Å²) in [4.78, 5) is 24.2. The zero-order chi connectivity index (χ0) is 24.8. The van der Waals surface area contributed by atoms with E-state index in [1.165, 1.54) is 11.1 Å². The van der Waals surface area contributed by atoms with Gasteiger partial charge in [-0.1, -0.05) is 86.6 Å². The Labute approximate surface area is 210 Å². The number of thioether (sulfide) groups is 1. The maximum Gasteiger partial charge on any atom is 0.407 e. The quantitative estimate of drug-likeness (QED) is 0.321. The number of hydrogen-bond acceptors (Lipinski definition) is 4. The third kappa shape index (κ3) is 6.06. The molecular formula is C29H31NO4S. The summed E-state index contributed by atoms with van der Waals surface area (Å²) in [6, 6.07) is 23.7. The number of carbonyl (C=O) groups is 2. The number of alkyl carbamates (subject to hydrolysis) is 1. The molecule has 1 aliphatic carbocycles. The number of fused-ring (bicyclic) bond motifs is 3. The molecule has 1 atom stereocenters. The second kappa shape index (κ2) is 11.5. The lowest BCUT2D eigenvalue weighted by Crippen LogP contribution is -2.41. The number of nitrogens with one attached hydrogen (secondary N) is 1. The van der Waals surface area contributed by atoms with E-state index in [2.05, 4.69) is 67.7 Å². The van der Waals surface area contributed by atoms with Gasteiger partial charge < -0.3 is 15.2 Å². The minimum absolute atomic E-state index is 0.0610. The van der Waals surface area contributed by atoms with Crippen LogP contribution < -0.4 is 5.32 Å². The minimum atomic E-state index is -1.06. The number of benzene rings is 3. The molecule has 0 aromatic heterocycles. The molecule has 0 saturated carbocycles. The fraction of sp³-hybridized carbons (Fsp3) is 0.310. The van der Waals surface area contributed by atoms with Gasteiger partial charge in [-0.2, -0.15) is 11.8 Å². The molecule has 182 valence electrons. The van der Waals surface area contributed by atoms with Crippen molar-refractivity contribution in [3.63, 3.8) is 0 Å². The van der Waals surface area contributed by atoms with Gasteiger partial charge in [0.05, 0.1) is 0 Å². The highest BCUT2D eigenvalue weighted by molar-refractivity contribution is 7.98. The van der Waals surface area contributed by atoms with Crippen LogP contribution in [-0.4, -0.2) is 35.6 Å². The number of carboxylic acid groups (broad SMARTS) is 1. The van der Waals surface area contributed by atoms with Crippen molar-refractivity contribution in [2.45, 2.75) is 43.9 Å². The van der Waals surface area contributed by atoms with Gasteiger partial charge in [-0.3, -0.25) is 0 Å². The first-order chi connectivity index (χ1) is 16.9. The number of carbonyl (C=O) groups excluding carboxylic acids is 1. The van der Waals surface area contributed by atoms with Gasteiger partial charge in [0, 0.05) is 11.7 Å². The van der Waals surface area contributed by atoms with Crippen LogP contribution >= 0.6 is 11.8 Å².